The lowest BCUT2D eigenvalue weighted by molar-refractivity contribution is 0.283. The Kier molecular flexibility index (Phi) is 4.12. The first kappa shape index (κ1) is 12.8. The maximum absolute atomic E-state index is 9.32. The summed E-state index contributed by atoms with van der Waals surface area (Å²) in [4.78, 5) is 6.44. The zero-order chi connectivity index (χ0) is 13.0. The van der Waals surface area contributed by atoms with Crippen molar-refractivity contribution in [2.45, 2.75) is 13.0 Å². The van der Waals surface area contributed by atoms with Gasteiger partial charge in [-0.3, -0.25) is 0 Å². The molecule has 1 aromatic carbocycles. The number of hydrogen-bond donors (Lipinski definition) is 2. The normalized spacial score (nSPS) is 10.8. The third-order valence-electron chi connectivity index (χ3n) is 3.04. The minimum absolute atomic E-state index is 0.00581. The summed E-state index contributed by atoms with van der Waals surface area (Å²) in [6, 6.07) is 7.92. The molecule has 2 rings (SSSR count). The summed E-state index contributed by atoms with van der Waals surface area (Å²) in [5.41, 5.74) is 0.838. The van der Waals surface area contributed by atoms with E-state index in [1.165, 1.54) is 0 Å². The van der Waals surface area contributed by atoms with Crippen LogP contribution in [-0.4, -0.2) is 35.4 Å². The number of aliphatic hydroxyl groups is 2. The van der Waals surface area contributed by atoms with Crippen LogP contribution in [0.1, 0.15) is 12.0 Å². The highest BCUT2D eigenvalue weighted by atomic mass is 16.3. The van der Waals surface area contributed by atoms with Crippen LogP contribution in [0.3, 0.4) is 0 Å². The van der Waals surface area contributed by atoms with Crippen LogP contribution in [0.15, 0.2) is 30.5 Å². The van der Waals surface area contributed by atoms with Crippen molar-refractivity contribution in [1.82, 2.24) is 4.98 Å². The van der Waals surface area contributed by atoms with Crippen molar-refractivity contribution in [3.63, 3.8) is 0 Å². The fourth-order valence-electron chi connectivity index (χ4n) is 2.08. The highest BCUT2D eigenvalue weighted by molar-refractivity contribution is 5.94. The molecule has 0 unspecified atom stereocenters. The van der Waals surface area contributed by atoms with Gasteiger partial charge >= 0.3 is 0 Å². The second-order valence-electron chi connectivity index (χ2n) is 4.31. The third-order valence-corrected chi connectivity index (χ3v) is 3.04. The molecule has 2 N–H and O–H groups in total. The van der Waals surface area contributed by atoms with E-state index in [2.05, 4.69) is 4.98 Å². The molecule has 0 amide bonds. The summed E-state index contributed by atoms with van der Waals surface area (Å²) >= 11 is 0. The molecule has 0 bridgehead atoms. The Hall–Kier alpha value is -1.65. The van der Waals surface area contributed by atoms with Crippen molar-refractivity contribution in [1.29, 1.82) is 0 Å². The minimum Gasteiger partial charge on any atom is -0.396 e. The number of anilines is 1. The number of aliphatic hydroxyl groups excluding tert-OH is 2. The van der Waals surface area contributed by atoms with Crippen LogP contribution in [0, 0.1) is 0 Å². The Balaban J connectivity index is 2.45. The molecule has 18 heavy (non-hydrogen) atoms. The lowest BCUT2D eigenvalue weighted by Gasteiger charge is -2.20. The van der Waals surface area contributed by atoms with Gasteiger partial charge in [0.1, 0.15) is 5.82 Å². The van der Waals surface area contributed by atoms with E-state index in [4.69, 9.17) is 5.11 Å². The Morgan fingerprint density at radius 3 is 2.56 bits per heavy atom. The van der Waals surface area contributed by atoms with Crippen molar-refractivity contribution in [3.05, 3.63) is 36.0 Å². The van der Waals surface area contributed by atoms with Gasteiger partial charge in [0.15, 0.2) is 0 Å². The summed E-state index contributed by atoms with van der Waals surface area (Å²) in [5, 5.41) is 20.3. The van der Waals surface area contributed by atoms with E-state index in [-0.39, 0.29) is 13.2 Å². The molecule has 1 heterocycles. The molecular weight excluding hydrogens is 228 g/mol. The van der Waals surface area contributed by atoms with Gasteiger partial charge in [-0.1, -0.05) is 24.3 Å². The van der Waals surface area contributed by atoms with Crippen molar-refractivity contribution < 1.29 is 10.2 Å². The van der Waals surface area contributed by atoms with Crippen molar-refractivity contribution in [2.75, 3.05) is 25.1 Å². The number of hydrogen-bond acceptors (Lipinski definition) is 4. The molecule has 2 aromatic rings. The number of aromatic nitrogens is 1. The number of benzene rings is 1. The summed E-state index contributed by atoms with van der Waals surface area (Å²) in [5.74, 6) is 0.885. The quantitative estimate of drug-likeness (QED) is 0.840. The SMILES string of the molecule is CN(CCCO)c1ncc(CO)c2ccccc12. The zero-order valence-electron chi connectivity index (χ0n) is 10.5. The first-order chi connectivity index (χ1) is 8.77. The molecule has 0 atom stereocenters. The largest absolute Gasteiger partial charge is 0.396 e. The maximum Gasteiger partial charge on any atom is 0.136 e. The highest BCUT2D eigenvalue weighted by Gasteiger charge is 2.09. The fourth-order valence-corrected chi connectivity index (χ4v) is 2.08. The van der Waals surface area contributed by atoms with Gasteiger partial charge in [0.25, 0.3) is 0 Å². The Labute approximate surface area is 107 Å². The van der Waals surface area contributed by atoms with E-state index < -0.39 is 0 Å². The first-order valence-electron chi connectivity index (χ1n) is 6.07. The average Bonchev–Trinajstić information content (AvgIpc) is 2.43. The summed E-state index contributed by atoms with van der Waals surface area (Å²) in [7, 11) is 1.96. The minimum atomic E-state index is -0.00581. The molecule has 0 aliphatic heterocycles. The van der Waals surface area contributed by atoms with Gasteiger partial charge in [0.2, 0.25) is 0 Å². The molecule has 4 nitrogen and oxygen atoms in total. The van der Waals surface area contributed by atoms with Gasteiger partial charge in [-0.05, 0) is 11.8 Å². The van der Waals surface area contributed by atoms with Crippen molar-refractivity contribution >= 4 is 16.6 Å². The molecule has 0 spiro atoms. The Morgan fingerprint density at radius 2 is 1.89 bits per heavy atom. The molecule has 0 aliphatic carbocycles. The summed E-state index contributed by atoms with van der Waals surface area (Å²) in [6.07, 6.45) is 2.43. The van der Waals surface area contributed by atoms with Gasteiger partial charge in [0, 0.05) is 37.3 Å². The molecular formula is C14H18N2O2. The van der Waals surface area contributed by atoms with Crippen LogP contribution in [0.5, 0.6) is 0 Å². The van der Waals surface area contributed by atoms with Gasteiger partial charge in [-0.15, -0.1) is 0 Å². The maximum atomic E-state index is 9.32. The number of nitrogens with zero attached hydrogens (tertiary/aromatic N) is 2. The molecule has 0 saturated heterocycles. The van der Waals surface area contributed by atoms with Crippen LogP contribution in [0.25, 0.3) is 10.8 Å². The molecule has 1 aromatic heterocycles. The summed E-state index contributed by atoms with van der Waals surface area (Å²) < 4.78 is 0. The summed E-state index contributed by atoms with van der Waals surface area (Å²) in [6.45, 7) is 0.928. The Morgan fingerprint density at radius 1 is 1.17 bits per heavy atom. The fraction of sp³-hybridized carbons (Fsp3) is 0.357. The van der Waals surface area contributed by atoms with Crippen molar-refractivity contribution in [3.8, 4) is 0 Å². The lowest BCUT2D eigenvalue weighted by Crippen LogP contribution is -2.21. The van der Waals surface area contributed by atoms with Gasteiger partial charge in [-0.25, -0.2) is 4.98 Å². The van der Waals surface area contributed by atoms with Crippen LogP contribution >= 0.6 is 0 Å². The van der Waals surface area contributed by atoms with Crippen LogP contribution in [0.4, 0.5) is 5.82 Å². The Bertz CT molecular complexity index is 528. The number of pyridine rings is 1. The van der Waals surface area contributed by atoms with Gasteiger partial charge in [-0.2, -0.15) is 0 Å². The molecule has 0 aliphatic rings. The van der Waals surface area contributed by atoms with E-state index in [9.17, 15) is 5.11 Å². The van der Waals surface area contributed by atoms with E-state index in [0.717, 1.165) is 28.7 Å². The van der Waals surface area contributed by atoms with E-state index in [0.29, 0.717) is 6.42 Å². The third kappa shape index (κ3) is 2.44. The van der Waals surface area contributed by atoms with Crippen LogP contribution in [0.2, 0.25) is 0 Å². The van der Waals surface area contributed by atoms with Crippen LogP contribution in [-0.2, 0) is 6.61 Å². The second kappa shape index (κ2) is 5.80. The first-order valence-corrected chi connectivity index (χ1v) is 6.07. The number of rotatable bonds is 5. The average molecular weight is 246 g/mol. The lowest BCUT2D eigenvalue weighted by atomic mass is 10.1. The molecule has 96 valence electrons. The topological polar surface area (TPSA) is 56.6 Å². The molecule has 0 fully saturated rings. The predicted octanol–water partition coefficient (Wildman–Crippen LogP) is 1.55. The molecule has 0 saturated carbocycles. The molecule has 0 radical (unpaired) electrons. The van der Waals surface area contributed by atoms with E-state index >= 15 is 0 Å². The number of fused-ring (bicyclic) bond motifs is 1. The smallest absolute Gasteiger partial charge is 0.136 e. The predicted molar refractivity (Wildman–Crippen MR) is 72.6 cm³/mol. The van der Waals surface area contributed by atoms with Crippen molar-refractivity contribution in [2.24, 2.45) is 0 Å². The molecule has 4 heteroatoms. The zero-order valence-corrected chi connectivity index (χ0v) is 10.5. The second-order valence-corrected chi connectivity index (χ2v) is 4.31. The van der Waals surface area contributed by atoms with E-state index in [1.54, 1.807) is 6.20 Å². The van der Waals surface area contributed by atoms with Crippen LogP contribution < -0.4 is 4.90 Å². The van der Waals surface area contributed by atoms with Gasteiger partial charge in [0.05, 0.1) is 6.61 Å². The monoisotopic (exact) mass is 246 g/mol. The van der Waals surface area contributed by atoms with E-state index in [1.807, 2.05) is 36.2 Å². The highest BCUT2D eigenvalue weighted by Crippen LogP contribution is 2.26. The standard InChI is InChI=1S/C14H18N2O2/c1-16(7-4-8-17)14-13-6-3-2-5-12(13)11(10-18)9-15-14/h2-3,5-6,9,17-18H,4,7-8,10H2,1H3. The van der Waals surface area contributed by atoms with Gasteiger partial charge < -0.3 is 15.1 Å².